The molecule has 9 nitrogen and oxygen atoms in total. The zero-order chi connectivity index (χ0) is 56.1. The van der Waals surface area contributed by atoms with Crippen LogP contribution in [0.4, 0.5) is 17.1 Å². The van der Waals surface area contributed by atoms with Crippen LogP contribution in [0.15, 0.2) is 137 Å². The first-order valence-corrected chi connectivity index (χ1v) is 33.4. The van der Waals surface area contributed by atoms with E-state index in [1.54, 1.807) is 29.2 Å². The molecule has 414 valence electrons. The number of benzene rings is 6. The van der Waals surface area contributed by atoms with Crippen LogP contribution in [0.2, 0.25) is 0 Å². The SMILES string of the molecule is CCCN(CCC)c1cccc2nc(S(=O)(=O)c3ccc(C)cc3C)sc12.CCCN(CCC)c1cccc2nc(S(=O)c3ccc(C)cc3C)sc12.CCCN(CCC)c1cccc2nc(Sc3ccc(C)cc3C)sc12. The molecule has 0 radical (unpaired) electrons. The molecule has 15 heteroatoms. The van der Waals surface area contributed by atoms with Crippen molar-refractivity contribution in [3.05, 3.63) is 143 Å². The molecular weight excluding hydrogens is 1080 g/mol. The van der Waals surface area contributed by atoms with Crippen molar-refractivity contribution < 1.29 is 12.6 Å². The van der Waals surface area contributed by atoms with Gasteiger partial charge in [0, 0.05) is 49.1 Å². The van der Waals surface area contributed by atoms with Gasteiger partial charge in [-0.15, -0.1) is 34.0 Å². The summed E-state index contributed by atoms with van der Waals surface area (Å²) in [5.74, 6) is 0. The van der Waals surface area contributed by atoms with Crippen LogP contribution in [0.3, 0.4) is 0 Å². The Bertz CT molecular complexity index is 3570. The Morgan fingerprint density at radius 3 is 1.37 bits per heavy atom. The Kier molecular flexibility index (Phi) is 22.0. The Labute approximate surface area is 484 Å². The van der Waals surface area contributed by atoms with E-state index >= 15 is 0 Å². The zero-order valence-electron chi connectivity index (χ0n) is 47.7. The van der Waals surface area contributed by atoms with Gasteiger partial charge < -0.3 is 14.7 Å². The number of rotatable bonds is 21. The van der Waals surface area contributed by atoms with E-state index in [9.17, 15) is 12.6 Å². The van der Waals surface area contributed by atoms with Crippen LogP contribution in [0.1, 0.15) is 113 Å². The molecule has 9 rings (SSSR count). The van der Waals surface area contributed by atoms with Crippen LogP contribution in [0, 0.1) is 41.5 Å². The summed E-state index contributed by atoms with van der Waals surface area (Å²) < 4.78 is 44.9. The molecule has 3 heterocycles. The second-order valence-corrected chi connectivity index (χ2v) is 28.0. The van der Waals surface area contributed by atoms with E-state index in [4.69, 9.17) is 9.97 Å². The highest BCUT2D eigenvalue weighted by Gasteiger charge is 2.26. The van der Waals surface area contributed by atoms with Crippen LogP contribution < -0.4 is 14.7 Å². The quantitative estimate of drug-likeness (QED) is 0.0691. The third-order valence-electron chi connectivity index (χ3n) is 13.2. The van der Waals surface area contributed by atoms with Gasteiger partial charge in [0.25, 0.3) is 0 Å². The minimum absolute atomic E-state index is 0.171. The van der Waals surface area contributed by atoms with Crippen molar-refractivity contribution in [1.29, 1.82) is 0 Å². The predicted molar refractivity (Wildman–Crippen MR) is 339 cm³/mol. The monoisotopic (exact) mass is 1160 g/mol. The molecule has 0 aliphatic heterocycles. The van der Waals surface area contributed by atoms with E-state index < -0.39 is 20.6 Å². The second-order valence-electron chi connectivity index (χ2n) is 20.0. The van der Waals surface area contributed by atoms with Crippen molar-refractivity contribution in [3.8, 4) is 0 Å². The van der Waals surface area contributed by atoms with E-state index in [2.05, 4.69) is 143 Å². The molecule has 0 amide bonds. The van der Waals surface area contributed by atoms with Gasteiger partial charge in [0.05, 0.1) is 52.6 Å². The molecule has 0 spiro atoms. The zero-order valence-corrected chi connectivity index (χ0v) is 52.6. The van der Waals surface area contributed by atoms with Crippen LogP contribution in [0.5, 0.6) is 0 Å². The van der Waals surface area contributed by atoms with E-state index in [0.717, 1.165) is 123 Å². The minimum Gasteiger partial charge on any atom is -0.370 e. The first-order chi connectivity index (χ1) is 37.5. The standard InChI is InChI=1S/C21H26N2O2S2.C21H26N2OS2.C21H26N2S2/c1-5-12-23(13-6-2)18-9-7-8-17-20(18)26-21(22-17)27(24,25)19-11-10-15(3)14-16(19)4;1-5-12-23(13-6-2)18-9-7-8-17-20(18)25-21(22-17)26(24)19-11-10-15(3)14-16(19)4;1-5-12-23(13-6-2)18-9-7-8-17-20(18)25-21(22-17)24-19-11-10-15(3)14-16(19)4/h7-11,14H,5-6,12-13H2,1-4H3;7-11,14H,5-6,12-13H2,1-4H3;7-11,14H,5-6,12-13H2,1-4H3. The van der Waals surface area contributed by atoms with Gasteiger partial charge in [-0.1, -0.05) is 125 Å². The van der Waals surface area contributed by atoms with Crippen LogP contribution in [0.25, 0.3) is 30.6 Å². The third-order valence-corrected chi connectivity index (χ3v) is 21.7. The van der Waals surface area contributed by atoms with Gasteiger partial charge in [0.1, 0.15) is 10.8 Å². The molecule has 0 saturated carbocycles. The maximum absolute atomic E-state index is 13.2. The average molecular weight is 1160 g/mol. The van der Waals surface area contributed by atoms with Crippen molar-refractivity contribution >= 4 is 114 Å². The van der Waals surface area contributed by atoms with Gasteiger partial charge in [0.2, 0.25) is 14.2 Å². The van der Waals surface area contributed by atoms with Gasteiger partial charge in [-0.05, 0) is 151 Å². The maximum atomic E-state index is 13.2. The van der Waals surface area contributed by atoms with Crippen molar-refractivity contribution in [2.24, 2.45) is 0 Å². The fourth-order valence-corrected chi connectivity index (χ4v) is 17.4. The lowest BCUT2D eigenvalue weighted by Gasteiger charge is -2.24. The van der Waals surface area contributed by atoms with Gasteiger partial charge in [-0.25, -0.2) is 27.6 Å². The summed E-state index contributed by atoms with van der Waals surface area (Å²) in [5.41, 5.74) is 13.1. The molecular formula is C63H78N6O3S6. The molecule has 0 aliphatic carbocycles. The smallest absolute Gasteiger partial charge is 0.233 e. The molecule has 3 aromatic heterocycles. The lowest BCUT2D eigenvalue weighted by Crippen LogP contribution is -2.24. The summed E-state index contributed by atoms with van der Waals surface area (Å²) in [7, 11) is -4.87. The summed E-state index contributed by atoms with van der Waals surface area (Å²) in [6, 6.07) is 36.8. The highest BCUT2D eigenvalue weighted by Crippen LogP contribution is 2.41. The fourth-order valence-electron chi connectivity index (χ4n) is 9.71. The molecule has 0 saturated heterocycles. The topological polar surface area (TPSA) is 99.6 Å². The largest absolute Gasteiger partial charge is 0.370 e. The van der Waals surface area contributed by atoms with Gasteiger partial charge >= 0.3 is 0 Å². The number of nitrogens with zero attached hydrogens (tertiary/aromatic N) is 6. The molecule has 78 heavy (non-hydrogen) atoms. The number of fused-ring (bicyclic) bond motifs is 3. The number of hydrogen-bond acceptors (Lipinski definition) is 13. The molecule has 1 atom stereocenters. The molecule has 0 bridgehead atoms. The number of thiazole rings is 3. The van der Waals surface area contributed by atoms with Crippen LogP contribution in [-0.2, 0) is 20.6 Å². The van der Waals surface area contributed by atoms with E-state index in [-0.39, 0.29) is 4.34 Å². The lowest BCUT2D eigenvalue weighted by atomic mass is 10.2. The first kappa shape index (κ1) is 60.5. The fraction of sp³-hybridized carbons (Fsp3) is 0.381. The van der Waals surface area contributed by atoms with Crippen molar-refractivity contribution in [1.82, 2.24) is 15.0 Å². The maximum Gasteiger partial charge on any atom is 0.233 e. The molecule has 0 fully saturated rings. The van der Waals surface area contributed by atoms with Crippen LogP contribution >= 0.6 is 45.8 Å². The summed E-state index contributed by atoms with van der Waals surface area (Å²) >= 11 is 6.45. The molecule has 1 unspecified atom stereocenters. The molecule has 0 aliphatic rings. The number of hydrogen-bond donors (Lipinski definition) is 0. The number of aryl methyl sites for hydroxylation is 6. The van der Waals surface area contributed by atoms with Gasteiger partial charge in [0.15, 0.2) is 8.68 Å². The number of sulfone groups is 1. The minimum atomic E-state index is -3.63. The average Bonchev–Trinajstić information content (AvgIpc) is 4.27. The van der Waals surface area contributed by atoms with Crippen molar-refractivity contribution in [2.45, 2.75) is 149 Å². The van der Waals surface area contributed by atoms with E-state index in [1.165, 1.54) is 61.8 Å². The predicted octanol–water partition coefficient (Wildman–Crippen LogP) is 17.8. The van der Waals surface area contributed by atoms with Crippen LogP contribution in [-0.4, -0.2) is 66.8 Å². The van der Waals surface area contributed by atoms with E-state index in [0.29, 0.717) is 9.24 Å². The summed E-state index contributed by atoms with van der Waals surface area (Å²) in [6.45, 7) is 31.6. The number of aromatic nitrogens is 3. The third kappa shape index (κ3) is 14.6. The Balaban J connectivity index is 0.000000170. The highest BCUT2D eigenvalue weighted by atomic mass is 32.2. The van der Waals surface area contributed by atoms with Crippen molar-refractivity contribution in [2.75, 3.05) is 54.0 Å². The number of anilines is 3. The summed E-state index contributed by atoms with van der Waals surface area (Å²) in [5, 5.41) is 0. The van der Waals surface area contributed by atoms with Gasteiger partial charge in [-0.2, -0.15) is 0 Å². The molecule has 6 aromatic carbocycles. The first-order valence-electron chi connectivity index (χ1n) is 27.5. The normalized spacial score (nSPS) is 11.8. The lowest BCUT2D eigenvalue weighted by molar-refractivity contribution is 0.595. The Morgan fingerprint density at radius 1 is 0.474 bits per heavy atom. The molecule has 0 N–H and O–H groups in total. The second kappa shape index (κ2) is 28.3. The van der Waals surface area contributed by atoms with Gasteiger partial charge in [-0.3, -0.25) is 0 Å². The summed E-state index contributed by atoms with van der Waals surface area (Å²) in [6.07, 6.45) is 6.64. The highest BCUT2D eigenvalue weighted by molar-refractivity contribution is 8.01. The summed E-state index contributed by atoms with van der Waals surface area (Å²) in [4.78, 5) is 23.8. The van der Waals surface area contributed by atoms with Crippen molar-refractivity contribution in [3.63, 3.8) is 0 Å². The Hall–Kier alpha value is -5.16. The van der Waals surface area contributed by atoms with E-state index in [1.807, 2.05) is 74.6 Å². The Morgan fingerprint density at radius 2 is 0.897 bits per heavy atom. The molecule has 9 aromatic rings.